The second-order valence-corrected chi connectivity index (χ2v) is 9.48. The predicted molar refractivity (Wildman–Crippen MR) is 132 cm³/mol. The molecule has 2 aromatic rings. The van der Waals surface area contributed by atoms with E-state index >= 15 is 0 Å². The van der Waals surface area contributed by atoms with Crippen LogP contribution in [0.1, 0.15) is 19.3 Å². The minimum absolute atomic E-state index is 0.217. The maximum atomic E-state index is 10.3. The van der Waals surface area contributed by atoms with Crippen molar-refractivity contribution >= 4 is 46.4 Å². The van der Waals surface area contributed by atoms with Gasteiger partial charge in [-0.15, -0.1) is 0 Å². The molecule has 0 unspecified atom stereocenters. The molecule has 0 amide bonds. The molecule has 176 valence electrons. The van der Waals surface area contributed by atoms with Gasteiger partial charge in [0.25, 0.3) is 0 Å². The molecule has 0 saturated carbocycles. The van der Waals surface area contributed by atoms with E-state index in [1.807, 2.05) is 6.07 Å². The van der Waals surface area contributed by atoms with Crippen LogP contribution < -0.4 is 14.8 Å². The second-order valence-electron chi connectivity index (χ2n) is 7.85. The Morgan fingerprint density at radius 1 is 0.906 bits per heavy atom. The van der Waals surface area contributed by atoms with Crippen molar-refractivity contribution < 1.29 is 14.6 Å². The summed E-state index contributed by atoms with van der Waals surface area (Å²) in [6.45, 7) is 4.21. The van der Waals surface area contributed by atoms with E-state index in [-0.39, 0.29) is 6.61 Å². The molecule has 2 N–H and O–H groups in total. The predicted octanol–water partition coefficient (Wildman–Crippen LogP) is 5.56. The molecule has 0 spiro atoms. The number of β-amino-alcohol motifs (C(OH)–C–C–N with tert-alkyl or cyclic N) is 1. The molecule has 0 aliphatic carbocycles. The molecule has 0 bridgehead atoms. The first-order valence-corrected chi connectivity index (χ1v) is 12.2. The Balaban J connectivity index is 1.25. The van der Waals surface area contributed by atoms with Crippen molar-refractivity contribution in [1.82, 2.24) is 10.2 Å². The van der Waals surface area contributed by atoms with Crippen molar-refractivity contribution in [2.75, 3.05) is 39.4 Å². The first-order valence-electron chi connectivity index (χ1n) is 10.7. The third kappa shape index (κ3) is 8.45. The van der Waals surface area contributed by atoms with E-state index < -0.39 is 6.10 Å². The average molecular weight is 522 g/mol. The van der Waals surface area contributed by atoms with Gasteiger partial charge in [0.15, 0.2) is 0 Å². The van der Waals surface area contributed by atoms with Gasteiger partial charge in [0.05, 0.1) is 26.7 Å². The van der Waals surface area contributed by atoms with Crippen LogP contribution >= 0.6 is 46.4 Å². The van der Waals surface area contributed by atoms with E-state index in [9.17, 15) is 5.11 Å². The van der Waals surface area contributed by atoms with Crippen molar-refractivity contribution in [2.24, 2.45) is 0 Å². The molecule has 9 heteroatoms. The third-order valence-corrected chi connectivity index (χ3v) is 6.78. The maximum Gasteiger partial charge on any atom is 0.121 e. The number of hydrogen-bond donors (Lipinski definition) is 2. The van der Waals surface area contributed by atoms with Crippen LogP contribution in [0.15, 0.2) is 36.4 Å². The highest BCUT2D eigenvalue weighted by molar-refractivity contribution is 6.42. The van der Waals surface area contributed by atoms with Crippen molar-refractivity contribution in [3.05, 3.63) is 56.5 Å². The lowest BCUT2D eigenvalue weighted by molar-refractivity contribution is 0.0578. The van der Waals surface area contributed by atoms with E-state index in [4.69, 9.17) is 55.9 Å². The quantitative estimate of drug-likeness (QED) is 0.379. The summed E-state index contributed by atoms with van der Waals surface area (Å²) in [5.41, 5.74) is 0. The first kappa shape index (κ1) is 25.7. The minimum atomic E-state index is -0.563. The summed E-state index contributed by atoms with van der Waals surface area (Å²) in [5, 5.41) is 15.8. The zero-order chi connectivity index (χ0) is 22.9. The normalized spacial score (nSPS) is 16.2. The van der Waals surface area contributed by atoms with Crippen LogP contribution in [0, 0.1) is 0 Å². The topological polar surface area (TPSA) is 54.0 Å². The standard InChI is InChI=1S/C23H28Cl4N2O3/c24-20-4-2-18(12-22(20)26)31-11-1-8-28-16-6-9-29(10-7-16)14-17(30)15-32-19-3-5-21(25)23(27)13-19/h2-5,12-13,16-17,28,30H,1,6-11,14-15H2/t17-/m0/s1. The van der Waals surface area contributed by atoms with Crippen LogP contribution in [-0.2, 0) is 0 Å². The maximum absolute atomic E-state index is 10.3. The Labute approximate surface area is 209 Å². The van der Waals surface area contributed by atoms with Gasteiger partial charge in [0.1, 0.15) is 24.2 Å². The van der Waals surface area contributed by atoms with Gasteiger partial charge in [-0.1, -0.05) is 46.4 Å². The molecule has 1 aliphatic rings. The van der Waals surface area contributed by atoms with Crippen molar-refractivity contribution in [3.63, 3.8) is 0 Å². The number of hydrogen-bond acceptors (Lipinski definition) is 5. The molecule has 1 fully saturated rings. The summed E-state index contributed by atoms with van der Waals surface area (Å²) in [4.78, 5) is 2.27. The summed E-state index contributed by atoms with van der Waals surface area (Å²) in [5.74, 6) is 1.33. The smallest absolute Gasteiger partial charge is 0.121 e. The van der Waals surface area contributed by atoms with Gasteiger partial charge < -0.3 is 24.8 Å². The van der Waals surface area contributed by atoms with Crippen LogP contribution in [0.5, 0.6) is 11.5 Å². The van der Waals surface area contributed by atoms with Crippen LogP contribution in [0.3, 0.4) is 0 Å². The molecule has 0 radical (unpaired) electrons. The Bertz CT molecular complexity index is 863. The molecule has 32 heavy (non-hydrogen) atoms. The van der Waals surface area contributed by atoms with Gasteiger partial charge in [0.2, 0.25) is 0 Å². The van der Waals surface area contributed by atoms with Crippen molar-refractivity contribution in [1.29, 1.82) is 0 Å². The van der Waals surface area contributed by atoms with E-state index in [2.05, 4.69) is 10.2 Å². The summed E-state index contributed by atoms with van der Waals surface area (Å²) in [6.07, 6.45) is 2.44. The number of piperidine rings is 1. The number of aliphatic hydroxyl groups excluding tert-OH is 1. The van der Waals surface area contributed by atoms with Gasteiger partial charge >= 0.3 is 0 Å². The van der Waals surface area contributed by atoms with Crippen LogP contribution in [0.25, 0.3) is 0 Å². The van der Waals surface area contributed by atoms with Gasteiger partial charge in [-0.25, -0.2) is 0 Å². The SMILES string of the molecule is O[C@H](COc1ccc(Cl)c(Cl)c1)CN1CCC(NCCCOc2ccc(Cl)c(Cl)c2)CC1. The van der Waals surface area contributed by atoms with Gasteiger partial charge in [0, 0.05) is 24.7 Å². The lowest BCUT2D eigenvalue weighted by Gasteiger charge is -2.33. The zero-order valence-electron chi connectivity index (χ0n) is 17.7. The number of halogens is 4. The van der Waals surface area contributed by atoms with E-state index in [1.165, 1.54) is 0 Å². The zero-order valence-corrected chi connectivity index (χ0v) is 20.7. The Kier molecular flexibility index (Phi) is 10.5. The molecule has 2 aromatic carbocycles. The summed E-state index contributed by atoms with van der Waals surface area (Å²) in [7, 11) is 0. The molecular formula is C23H28Cl4N2O3. The first-order chi connectivity index (χ1) is 15.4. The number of nitrogens with one attached hydrogen (secondary N) is 1. The molecule has 1 aliphatic heterocycles. The number of benzene rings is 2. The summed E-state index contributed by atoms with van der Waals surface area (Å²) >= 11 is 23.8. The number of aliphatic hydroxyl groups is 1. The van der Waals surface area contributed by atoms with Crippen LogP contribution in [-0.4, -0.2) is 61.5 Å². The fourth-order valence-corrected chi connectivity index (χ4v) is 4.14. The molecule has 1 atom stereocenters. The monoisotopic (exact) mass is 520 g/mol. The molecule has 1 heterocycles. The lowest BCUT2D eigenvalue weighted by atomic mass is 10.0. The highest BCUT2D eigenvalue weighted by atomic mass is 35.5. The highest BCUT2D eigenvalue weighted by Crippen LogP contribution is 2.27. The molecule has 3 rings (SSSR count). The Hall–Kier alpha value is -0.920. The van der Waals surface area contributed by atoms with Crippen LogP contribution in [0.4, 0.5) is 0 Å². The summed E-state index contributed by atoms with van der Waals surface area (Å²) < 4.78 is 11.3. The number of rotatable bonds is 11. The van der Waals surface area contributed by atoms with E-state index in [1.54, 1.807) is 30.3 Å². The van der Waals surface area contributed by atoms with Crippen molar-refractivity contribution in [2.45, 2.75) is 31.4 Å². The summed E-state index contributed by atoms with van der Waals surface area (Å²) in [6, 6.07) is 10.9. The highest BCUT2D eigenvalue weighted by Gasteiger charge is 2.21. The molecule has 5 nitrogen and oxygen atoms in total. The fraction of sp³-hybridized carbons (Fsp3) is 0.478. The van der Waals surface area contributed by atoms with E-state index in [0.717, 1.165) is 44.6 Å². The number of ether oxygens (including phenoxy) is 2. The molecular weight excluding hydrogens is 494 g/mol. The van der Waals surface area contributed by atoms with Gasteiger partial charge in [-0.05, 0) is 63.2 Å². The van der Waals surface area contributed by atoms with E-state index in [0.29, 0.717) is 45.0 Å². The minimum Gasteiger partial charge on any atom is -0.493 e. The number of nitrogens with zero attached hydrogens (tertiary/aromatic N) is 1. The molecule has 0 aromatic heterocycles. The Morgan fingerprint density at radius 3 is 2.09 bits per heavy atom. The van der Waals surface area contributed by atoms with Gasteiger partial charge in [-0.2, -0.15) is 0 Å². The average Bonchev–Trinajstić information content (AvgIpc) is 2.78. The van der Waals surface area contributed by atoms with Crippen LogP contribution in [0.2, 0.25) is 20.1 Å². The fourth-order valence-electron chi connectivity index (χ4n) is 3.56. The third-order valence-electron chi connectivity index (χ3n) is 5.30. The second kappa shape index (κ2) is 13.1. The lowest BCUT2D eigenvalue weighted by Crippen LogP contribution is -2.46. The van der Waals surface area contributed by atoms with Crippen molar-refractivity contribution in [3.8, 4) is 11.5 Å². The Morgan fingerprint density at radius 2 is 1.50 bits per heavy atom. The van der Waals surface area contributed by atoms with Gasteiger partial charge in [-0.3, -0.25) is 0 Å². The molecule has 1 saturated heterocycles. The largest absolute Gasteiger partial charge is 0.493 e. The number of likely N-dealkylation sites (tertiary alicyclic amines) is 1.